The van der Waals surface area contributed by atoms with Crippen LogP contribution in [0.2, 0.25) is 0 Å². The highest BCUT2D eigenvalue weighted by Gasteiger charge is 2.33. The zero-order valence-electron chi connectivity index (χ0n) is 15.4. The van der Waals surface area contributed by atoms with Gasteiger partial charge in [0.1, 0.15) is 11.9 Å². The van der Waals surface area contributed by atoms with E-state index >= 15 is 0 Å². The molecule has 0 spiro atoms. The molecule has 27 heavy (non-hydrogen) atoms. The van der Waals surface area contributed by atoms with Crippen molar-refractivity contribution in [1.82, 2.24) is 10.2 Å². The molecule has 2 heterocycles. The average Bonchev–Trinajstić information content (AvgIpc) is 3.01. The van der Waals surface area contributed by atoms with Gasteiger partial charge in [-0.1, -0.05) is 12.2 Å². The number of nitrogens with one attached hydrogen (secondary N) is 1. The Morgan fingerprint density at radius 3 is 2.59 bits per heavy atom. The van der Waals surface area contributed by atoms with Crippen molar-refractivity contribution in [1.29, 1.82) is 0 Å². The van der Waals surface area contributed by atoms with Crippen molar-refractivity contribution < 1.29 is 18.7 Å². The number of carbonyl (C=O) groups is 2. The molecule has 2 fully saturated rings. The zero-order chi connectivity index (χ0) is 19.6. The molecular formula is C18H23FN4O3S. The molecule has 1 unspecified atom stereocenters. The molecule has 146 valence electrons. The van der Waals surface area contributed by atoms with Gasteiger partial charge in [-0.3, -0.25) is 9.69 Å². The lowest BCUT2D eigenvalue weighted by molar-refractivity contribution is -0.119. The summed E-state index contributed by atoms with van der Waals surface area (Å²) in [5.41, 5.74) is 0.961. The van der Waals surface area contributed by atoms with Crippen LogP contribution in [0.3, 0.4) is 0 Å². The first kappa shape index (κ1) is 19.3. The summed E-state index contributed by atoms with van der Waals surface area (Å²) in [6.07, 6.45) is -0.988. The van der Waals surface area contributed by atoms with E-state index in [-0.39, 0.29) is 24.8 Å². The molecule has 0 bridgehead atoms. The first-order valence-corrected chi connectivity index (χ1v) is 9.28. The van der Waals surface area contributed by atoms with Crippen molar-refractivity contribution in [3.05, 3.63) is 24.0 Å². The number of carbonyl (C=O) groups excluding carboxylic acids is 2. The first-order chi connectivity index (χ1) is 12.8. The molecule has 0 saturated carbocycles. The summed E-state index contributed by atoms with van der Waals surface area (Å²) < 4.78 is 19.9. The van der Waals surface area contributed by atoms with Gasteiger partial charge in [0.15, 0.2) is 0 Å². The Hall–Kier alpha value is -2.42. The van der Waals surface area contributed by atoms with Crippen molar-refractivity contribution >= 4 is 40.6 Å². The second kappa shape index (κ2) is 8.08. The van der Waals surface area contributed by atoms with E-state index < -0.39 is 12.2 Å². The van der Waals surface area contributed by atoms with Gasteiger partial charge in [0.05, 0.1) is 29.5 Å². The maximum atomic E-state index is 14.7. The molecule has 0 radical (unpaired) electrons. The van der Waals surface area contributed by atoms with E-state index in [1.807, 2.05) is 11.8 Å². The topological polar surface area (TPSA) is 65.1 Å². The molecule has 0 aliphatic carbocycles. The van der Waals surface area contributed by atoms with Crippen LogP contribution in [0.25, 0.3) is 0 Å². The molecule has 1 N–H and O–H groups in total. The van der Waals surface area contributed by atoms with Crippen molar-refractivity contribution in [3.8, 4) is 0 Å². The standard InChI is InChI=1S/C18H23FN4O3S/c1-12(24)20-10-15-11-23(18(25)26-15)14-3-4-17(16(19)9-14)22-7-5-21(6-8-22)13(2)27/h3-4,9,15H,5-8,10-11H2,1-2H3,(H,20,24). The molecule has 1 atom stereocenters. The van der Waals surface area contributed by atoms with E-state index in [2.05, 4.69) is 10.2 Å². The van der Waals surface area contributed by atoms with Gasteiger partial charge < -0.3 is 19.9 Å². The van der Waals surface area contributed by atoms with Gasteiger partial charge in [0, 0.05) is 33.1 Å². The van der Waals surface area contributed by atoms with E-state index in [0.29, 0.717) is 24.5 Å². The number of anilines is 2. The fraction of sp³-hybridized carbons (Fsp3) is 0.500. The van der Waals surface area contributed by atoms with E-state index in [0.717, 1.165) is 18.1 Å². The van der Waals surface area contributed by atoms with Crippen LogP contribution in [0.5, 0.6) is 0 Å². The van der Waals surface area contributed by atoms with Crippen LogP contribution >= 0.6 is 12.2 Å². The molecule has 9 heteroatoms. The van der Waals surface area contributed by atoms with Crippen LogP contribution < -0.4 is 15.1 Å². The number of piperazine rings is 1. The van der Waals surface area contributed by atoms with Crippen LogP contribution in [-0.2, 0) is 9.53 Å². The lowest BCUT2D eigenvalue weighted by atomic mass is 10.2. The van der Waals surface area contributed by atoms with Crippen molar-refractivity contribution in [3.63, 3.8) is 0 Å². The number of hydrogen-bond acceptors (Lipinski definition) is 5. The lowest BCUT2D eigenvalue weighted by Gasteiger charge is -2.37. The van der Waals surface area contributed by atoms with Crippen LogP contribution in [-0.4, -0.2) is 67.3 Å². The third kappa shape index (κ3) is 4.47. The van der Waals surface area contributed by atoms with E-state index in [9.17, 15) is 14.0 Å². The quantitative estimate of drug-likeness (QED) is 0.785. The smallest absolute Gasteiger partial charge is 0.414 e. The molecule has 2 aliphatic rings. The van der Waals surface area contributed by atoms with Crippen molar-refractivity contribution in [2.24, 2.45) is 0 Å². The predicted octanol–water partition coefficient (Wildman–Crippen LogP) is 1.76. The second-order valence-corrected chi connectivity index (χ2v) is 7.27. The Balaban J connectivity index is 1.66. The van der Waals surface area contributed by atoms with Crippen LogP contribution in [0, 0.1) is 5.82 Å². The molecule has 2 saturated heterocycles. The van der Waals surface area contributed by atoms with E-state index in [4.69, 9.17) is 17.0 Å². The van der Waals surface area contributed by atoms with Crippen LogP contribution in [0.4, 0.5) is 20.6 Å². The molecule has 2 aliphatic heterocycles. The molecule has 3 rings (SSSR count). The third-order valence-electron chi connectivity index (χ3n) is 4.76. The molecule has 1 aromatic carbocycles. The molecule has 2 amide bonds. The average molecular weight is 394 g/mol. The number of thiocarbonyl (C=S) groups is 1. The second-order valence-electron chi connectivity index (χ2n) is 6.68. The van der Waals surface area contributed by atoms with Crippen molar-refractivity contribution in [2.45, 2.75) is 20.0 Å². The molecule has 1 aromatic rings. The number of amides is 2. The normalized spacial score (nSPS) is 19.9. The number of halogens is 1. The molecule has 0 aromatic heterocycles. The number of nitrogens with zero attached hydrogens (tertiary/aromatic N) is 3. The van der Waals surface area contributed by atoms with Gasteiger partial charge >= 0.3 is 6.09 Å². The number of ether oxygens (including phenoxy) is 1. The van der Waals surface area contributed by atoms with Gasteiger partial charge in [0.2, 0.25) is 5.91 Å². The SMILES string of the molecule is CC(=O)NCC1CN(c2ccc(N3CCN(C(C)=S)CC3)c(F)c2)C(=O)O1. The minimum Gasteiger partial charge on any atom is -0.442 e. The third-order valence-corrected chi connectivity index (χ3v) is 5.02. The minimum atomic E-state index is -0.539. The van der Waals surface area contributed by atoms with E-state index in [1.165, 1.54) is 17.9 Å². The van der Waals surface area contributed by atoms with Gasteiger partial charge in [-0.15, -0.1) is 0 Å². The van der Waals surface area contributed by atoms with Gasteiger partial charge in [-0.05, 0) is 25.1 Å². The zero-order valence-corrected chi connectivity index (χ0v) is 16.2. The molecular weight excluding hydrogens is 371 g/mol. The Bertz CT molecular complexity index is 752. The first-order valence-electron chi connectivity index (χ1n) is 8.87. The number of rotatable bonds is 4. The Kier molecular flexibility index (Phi) is 5.79. The fourth-order valence-corrected chi connectivity index (χ4v) is 3.46. The lowest BCUT2D eigenvalue weighted by Crippen LogP contribution is -2.47. The number of cyclic esters (lactones) is 1. The Morgan fingerprint density at radius 2 is 2.00 bits per heavy atom. The monoisotopic (exact) mass is 394 g/mol. The van der Waals surface area contributed by atoms with Crippen LogP contribution in [0.1, 0.15) is 13.8 Å². The number of hydrogen-bond donors (Lipinski definition) is 1. The molecule has 7 nitrogen and oxygen atoms in total. The highest BCUT2D eigenvalue weighted by molar-refractivity contribution is 7.80. The number of benzene rings is 1. The Labute approximate surface area is 163 Å². The van der Waals surface area contributed by atoms with Gasteiger partial charge in [-0.2, -0.15) is 0 Å². The highest BCUT2D eigenvalue weighted by Crippen LogP contribution is 2.28. The summed E-state index contributed by atoms with van der Waals surface area (Å²) in [4.78, 5) is 29.4. The summed E-state index contributed by atoms with van der Waals surface area (Å²) in [6, 6.07) is 4.77. The summed E-state index contributed by atoms with van der Waals surface area (Å²) >= 11 is 5.19. The summed E-state index contributed by atoms with van der Waals surface area (Å²) in [5.74, 6) is -0.568. The highest BCUT2D eigenvalue weighted by atomic mass is 32.1. The summed E-state index contributed by atoms with van der Waals surface area (Å²) in [6.45, 7) is 6.71. The maximum absolute atomic E-state index is 14.7. The largest absolute Gasteiger partial charge is 0.442 e. The predicted molar refractivity (Wildman–Crippen MR) is 105 cm³/mol. The minimum absolute atomic E-state index is 0.191. The van der Waals surface area contributed by atoms with Crippen LogP contribution in [0.15, 0.2) is 18.2 Å². The summed E-state index contributed by atoms with van der Waals surface area (Å²) in [5, 5.41) is 2.62. The van der Waals surface area contributed by atoms with E-state index in [1.54, 1.807) is 12.1 Å². The van der Waals surface area contributed by atoms with Gasteiger partial charge in [-0.25, -0.2) is 9.18 Å². The Morgan fingerprint density at radius 1 is 1.30 bits per heavy atom. The summed E-state index contributed by atoms with van der Waals surface area (Å²) in [7, 11) is 0. The van der Waals surface area contributed by atoms with Crippen molar-refractivity contribution in [2.75, 3.05) is 49.1 Å². The van der Waals surface area contributed by atoms with Gasteiger partial charge in [0.25, 0.3) is 0 Å². The fourth-order valence-electron chi connectivity index (χ4n) is 3.28. The maximum Gasteiger partial charge on any atom is 0.414 e.